The van der Waals surface area contributed by atoms with Crippen molar-refractivity contribution in [3.8, 4) is 5.75 Å². The highest BCUT2D eigenvalue weighted by atomic mass is 79.9. The van der Waals surface area contributed by atoms with Crippen molar-refractivity contribution in [2.45, 2.75) is 6.54 Å². The molecule has 0 aliphatic carbocycles. The Labute approximate surface area is 138 Å². The zero-order valence-electron chi connectivity index (χ0n) is 10.8. The molecule has 6 heteroatoms. The zero-order chi connectivity index (χ0) is 15.0. The highest BCUT2D eigenvalue weighted by Crippen LogP contribution is 2.36. The van der Waals surface area contributed by atoms with Crippen LogP contribution < -0.4 is 9.64 Å². The first-order valence-corrected chi connectivity index (χ1v) is 7.80. The van der Waals surface area contributed by atoms with Crippen molar-refractivity contribution in [3.63, 3.8) is 0 Å². The van der Waals surface area contributed by atoms with Gasteiger partial charge in [0, 0.05) is 4.47 Å². The maximum Gasteiger partial charge on any atom is 0.265 e. The van der Waals surface area contributed by atoms with Gasteiger partial charge in [-0.05, 0) is 45.8 Å². The molecule has 0 atom stereocenters. The molecule has 0 unspecified atom stereocenters. The van der Waals surface area contributed by atoms with Crippen LogP contribution in [-0.2, 0) is 11.3 Å². The average molecular weight is 415 g/mol. The van der Waals surface area contributed by atoms with Crippen LogP contribution in [0.4, 0.5) is 10.1 Å². The maximum atomic E-state index is 13.6. The smallest absolute Gasteiger partial charge is 0.265 e. The van der Waals surface area contributed by atoms with E-state index in [-0.39, 0.29) is 24.9 Å². The molecule has 0 N–H and O–H groups in total. The van der Waals surface area contributed by atoms with Gasteiger partial charge < -0.3 is 9.64 Å². The van der Waals surface area contributed by atoms with Gasteiger partial charge in [-0.25, -0.2) is 4.39 Å². The summed E-state index contributed by atoms with van der Waals surface area (Å²) in [4.78, 5) is 13.7. The van der Waals surface area contributed by atoms with Crippen molar-refractivity contribution in [2.75, 3.05) is 11.5 Å². The number of carbonyl (C=O) groups is 1. The molecule has 0 fully saturated rings. The number of benzene rings is 2. The summed E-state index contributed by atoms with van der Waals surface area (Å²) in [6.07, 6.45) is 0. The van der Waals surface area contributed by atoms with Crippen LogP contribution in [0.25, 0.3) is 0 Å². The molecule has 0 aromatic heterocycles. The fourth-order valence-corrected chi connectivity index (χ4v) is 2.93. The molecule has 0 saturated heterocycles. The Morgan fingerprint density at radius 1 is 1.24 bits per heavy atom. The maximum absolute atomic E-state index is 13.6. The minimum atomic E-state index is -0.345. The molecule has 0 saturated carbocycles. The molecule has 2 aromatic rings. The van der Waals surface area contributed by atoms with E-state index in [9.17, 15) is 9.18 Å². The first-order chi connectivity index (χ1) is 10.1. The molecule has 1 amide bonds. The van der Waals surface area contributed by atoms with Crippen molar-refractivity contribution in [1.29, 1.82) is 0 Å². The number of hydrogen-bond donors (Lipinski definition) is 0. The molecule has 2 aromatic carbocycles. The van der Waals surface area contributed by atoms with Crippen LogP contribution >= 0.6 is 31.9 Å². The Hall–Kier alpha value is -1.40. The topological polar surface area (TPSA) is 29.5 Å². The number of amides is 1. The third kappa shape index (κ3) is 2.82. The number of nitrogens with zero attached hydrogens (tertiary/aromatic N) is 1. The van der Waals surface area contributed by atoms with Gasteiger partial charge in [-0.15, -0.1) is 0 Å². The fraction of sp³-hybridized carbons (Fsp3) is 0.133. The molecule has 3 nitrogen and oxygen atoms in total. The summed E-state index contributed by atoms with van der Waals surface area (Å²) in [6.45, 7) is 0.269. The highest BCUT2D eigenvalue weighted by molar-refractivity contribution is 9.10. The van der Waals surface area contributed by atoms with E-state index >= 15 is 0 Å². The lowest BCUT2D eigenvalue weighted by atomic mass is 10.1. The predicted octanol–water partition coefficient (Wildman–Crippen LogP) is 4.28. The summed E-state index contributed by atoms with van der Waals surface area (Å²) in [5, 5.41) is 0. The number of ether oxygens (including phenoxy) is 1. The Morgan fingerprint density at radius 3 is 2.86 bits per heavy atom. The third-order valence-corrected chi connectivity index (χ3v) is 4.61. The van der Waals surface area contributed by atoms with Gasteiger partial charge in [0.15, 0.2) is 6.61 Å². The van der Waals surface area contributed by atoms with Gasteiger partial charge in [-0.2, -0.15) is 0 Å². The average Bonchev–Trinajstić information content (AvgIpc) is 2.46. The number of rotatable bonds is 2. The second kappa shape index (κ2) is 5.77. The standard InChI is InChI=1S/C15H10Br2FNO2/c16-10-4-5-13-12(6-10)19(14(20)8-21-13)7-9-2-1-3-11(18)15(9)17/h1-6H,7-8H2. The largest absolute Gasteiger partial charge is 0.482 e. The summed E-state index contributed by atoms with van der Waals surface area (Å²) >= 11 is 6.61. The van der Waals surface area contributed by atoms with E-state index in [0.29, 0.717) is 21.5 Å². The van der Waals surface area contributed by atoms with Crippen LogP contribution in [0.1, 0.15) is 5.56 Å². The van der Waals surface area contributed by atoms with Crippen molar-refractivity contribution < 1.29 is 13.9 Å². The van der Waals surface area contributed by atoms with E-state index < -0.39 is 0 Å². The molecular formula is C15H10Br2FNO2. The Kier molecular flexibility index (Phi) is 3.99. The van der Waals surface area contributed by atoms with Crippen LogP contribution in [0.3, 0.4) is 0 Å². The van der Waals surface area contributed by atoms with Crippen LogP contribution in [0.5, 0.6) is 5.75 Å². The van der Waals surface area contributed by atoms with Gasteiger partial charge >= 0.3 is 0 Å². The van der Waals surface area contributed by atoms with Crippen LogP contribution in [-0.4, -0.2) is 12.5 Å². The van der Waals surface area contributed by atoms with E-state index in [0.717, 1.165) is 4.47 Å². The Balaban J connectivity index is 2.00. The van der Waals surface area contributed by atoms with Crippen LogP contribution in [0.2, 0.25) is 0 Å². The molecule has 21 heavy (non-hydrogen) atoms. The van der Waals surface area contributed by atoms with Gasteiger partial charge in [0.2, 0.25) is 0 Å². The summed E-state index contributed by atoms with van der Waals surface area (Å²) in [6, 6.07) is 10.3. The first kappa shape index (κ1) is 14.5. The van der Waals surface area contributed by atoms with Gasteiger partial charge in [0.1, 0.15) is 11.6 Å². The number of carbonyl (C=O) groups excluding carboxylic acids is 1. The summed E-state index contributed by atoms with van der Waals surface area (Å²) in [5.74, 6) is 0.143. The minimum absolute atomic E-state index is 0.0123. The van der Waals surface area contributed by atoms with E-state index in [1.807, 2.05) is 12.1 Å². The third-order valence-electron chi connectivity index (χ3n) is 3.22. The second-order valence-electron chi connectivity index (χ2n) is 4.59. The number of halogens is 3. The Morgan fingerprint density at radius 2 is 2.05 bits per heavy atom. The molecule has 1 aliphatic heterocycles. The molecule has 108 valence electrons. The number of fused-ring (bicyclic) bond motifs is 1. The highest BCUT2D eigenvalue weighted by Gasteiger charge is 2.26. The number of hydrogen-bond acceptors (Lipinski definition) is 2. The normalized spacial score (nSPS) is 13.9. The van der Waals surface area contributed by atoms with Crippen molar-refractivity contribution >= 4 is 43.5 Å². The van der Waals surface area contributed by atoms with E-state index in [2.05, 4.69) is 31.9 Å². The molecular weight excluding hydrogens is 405 g/mol. The van der Waals surface area contributed by atoms with Crippen molar-refractivity contribution in [2.24, 2.45) is 0 Å². The van der Waals surface area contributed by atoms with E-state index in [1.165, 1.54) is 6.07 Å². The fourth-order valence-electron chi connectivity index (χ4n) is 2.19. The van der Waals surface area contributed by atoms with Gasteiger partial charge in [-0.1, -0.05) is 28.1 Å². The van der Waals surface area contributed by atoms with Gasteiger partial charge in [0.25, 0.3) is 5.91 Å². The van der Waals surface area contributed by atoms with E-state index in [1.54, 1.807) is 23.1 Å². The second-order valence-corrected chi connectivity index (χ2v) is 6.30. The van der Waals surface area contributed by atoms with Gasteiger partial charge in [-0.3, -0.25) is 4.79 Å². The monoisotopic (exact) mass is 413 g/mol. The molecule has 1 heterocycles. The lowest BCUT2D eigenvalue weighted by molar-refractivity contribution is -0.121. The first-order valence-electron chi connectivity index (χ1n) is 6.22. The van der Waals surface area contributed by atoms with Crippen molar-refractivity contribution in [1.82, 2.24) is 0 Å². The van der Waals surface area contributed by atoms with Crippen LogP contribution in [0, 0.1) is 5.82 Å². The Bertz CT molecular complexity index is 721. The SMILES string of the molecule is O=C1COc2ccc(Br)cc2N1Cc1cccc(F)c1Br. The lowest BCUT2D eigenvalue weighted by Crippen LogP contribution is -2.38. The zero-order valence-corrected chi connectivity index (χ0v) is 13.9. The molecule has 1 aliphatic rings. The minimum Gasteiger partial charge on any atom is -0.482 e. The molecule has 0 radical (unpaired) electrons. The van der Waals surface area contributed by atoms with E-state index in [4.69, 9.17) is 4.74 Å². The summed E-state index contributed by atoms with van der Waals surface area (Å²) < 4.78 is 20.2. The van der Waals surface area contributed by atoms with Crippen molar-refractivity contribution in [3.05, 3.63) is 56.7 Å². The number of anilines is 1. The van der Waals surface area contributed by atoms with Crippen LogP contribution in [0.15, 0.2) is 45.3 Å². The molecule has 0 bridgehead atoms. The summed E-state index contributed by atoms with van der Waals surface area (Å²) in [7, 11) is 0. The summed E-state index contributed by atoms with van der Waals surface area (Å²) in [5.41, 5.74) is 1.38. The quantitative estimate of drug-likeness (QED) is 0.734. The molecule has 0 spiro atoms. The molecule has 3 rings (SSSR count). The predicted molar refractivity (Wildman–Crippen MR) is 84.9 cm³/mol. The lowest BCUT2D eigenvalue weighted by Gasteiger charge is -2.30. The van der Waals surface area contributed by atoms with Gasteiger partial charge in [0.05, 0.1) is 16.7 Å².